The molecular weight excluding hydrogens is 264 g/mol. The number of carbonyl (C=O) groups is 1. The summed E-state index contributed by atoms with van der Waals surface area (Å²) in [7, 11) is 0. The Labute approximate surface area is 115 Å². The van der Waals surface area contributed by atoms with Gasteiger partial charge in [-0.1, -0.05) is 0 Å². The molecule has 7 nitrogen and oxygen atoms in total. The van der Waals surface area contributed by atoms with E-state index in [1.807, 2.05) is 18.7 Å². The molecule has 1 fully saturated rings. The summed E-state index contributed by atoms with van der Waals surface area (Å²) in [6.45, 7) is 4.89. The first kappa shape index (κ1) is 14.3. The number of carboxylic acids is 1. The number of nitro benzene ring substituents is 1. The molecule has 0 bridgehead atoms. The quantitative estimate of drug-likeness (QED) is 0.671. The minimum atomic E-state index is -1.17. The van der Waals surface area contributed by atoms with Crippen LogP contribution >= 0.6 is 0 Å². The van der Waals surface area contributed by atoms with E-state index in [1.54, 1.807) is 0 Å². The number of hydrogen-bond acceptors (Lipinski definition) is 5. The summed E-state index contributed by atoms with van der Waals surface area (Å²) in [6, 6.07) is 3.95. The second-order valence-electron chi connectivity index (χ2n) is 4.91. The topological polar surface area (TPSA) is 92.9 Å². The molecule has 108 valence electrons. The van der Waals surface area contributed by atoms with Gasteiger partial charge in [0, 0.05) is 24.7 Å². The zero-order chi connectivity index (χ0) is 14.9. The van der Waals surface area contributed by atoms with Gasteiger partial charge < -0.3 is 14.7 Å². The molecule has 1 aromatic rings. The van der Waals surface area contributed by atoms with Crippen LogP contribution in [0.25, 0.3) is 0 Å². The highest BCUT2D eigenvalue weighted by Crippen LogP contribution is 2.29. The molecule has 2 unspecified atom stereocenters. The first-order valence-corrected chi connectivity index (χ1v) is 6.30. The lowest BCUT2D eigenvalue weighted by atomic mass is 10.1. The maximum atomic E-state index is 11.3. The molecule has 2 rings (SSSR count). The molecule has 0 aliphatic carbocycles. The highest BCUT2D eigenvalue weighted by molar-refractivity contribution is 5.95. The summed E-state index contributed by atoms with van der Waals surface area (Å²) in [6.07, 6.45) is -0.0111. The van der Waals surface area contributed by atoms with Gasteiger partial charge in [-0.05, 0) is 19.9 Å². The molecule has 1 aliphatic rings. The van der Waals surface area contributed by atoms with E-state index in [-0.39, 0.29) is 23.4 Å². The van der Waals surface area contributed by atoms with Gasteiger partial charge in [-0.15, -0.1) is 0 Å². The number of nitro groups is 1. The summed E-state index contributed by atoms with van der Waals surface area (Å²) in [5.74, 6) is -1.17. The molecule has 1 heterocycles. The standard InChI is InChI=1S/C13H16N2O5/c1-8-7-20-9(2)6-14(8)12-4-3-10(15(18)19)5-11(12)13(16)17/h3-5,8-9H,6-7H2,1-2H3,(H,16,17). The van der Waals surface area contributed by atoms with Crippen LogP contribution in [0, 0.1) is 10.1 Å². The molecule has 0 aromatic heterocycles. The Morgan fingerprint density at radius 3 is 2.80 bits per heavy atom. The average Bonchev–Trinajstić information content (AvgIpc) is 2.40. The van der Waals surface area contributed by atoms with Crippen LogP contribution in [-0.4, -0.2) is 41.3 Å². The summed E-state index contributed by atoms with van der Waals surface area (Å²) in [5.41, 5.74) is 0.214. The molecule has 1 aromatic carbocycles. The van der Waals surface area contributed by atoms with Gasteiger partial charge in [0.25, 0.3) is 5.69 Å². The SMILES string of the molecule is CC1CN(c2ccc([N+](=O)[O-])cc2C(=O)O)C(C)CO1. The van der Waals surface area contributed by atoms with Crippen LogP contribution in [0.4, 0.5) is 11.4 Å². The molecule has 0 amide bonds. The fraction of sp³-hybridized carbons (Fsp3) is 0.462. The molecule has 20 heavy (non-hydrogen) atoms. The normalized spacial score (nSPS) is 22.6. The van der Waals surface area contributed by atoms with Crippen molar-refractivity contribution in [2.45, 2.75) is 26.0 Å². The largest absolute Gasteiger partial charge is 0.478 e. The Morgan fingerprint density at radius 2 is 2.20 bits per heavy atom. The van der Waals surface area contributed by atoms with E-state index in [1.165, 1.54) is 12.1 Å². The van der Waals surface area contributed by atoms with Gasteiger partial charge >= 0.3 is 5.97 Å². The number of benzene rings is 1. The van der Waals surface area contributed by atoms with E-state index in [0.717, 1.165) is 6.07 Å². The Kier molecular flexibility index (Phi) is 3.89. The van der Waals surface area contributed by atoms with Crippen molar-refractivity contribution in [1.82, 2.24) is 0 Å². The van der Waals surface area contributed by atoms with Gasteiger partial charge in [-0.3, -0.25) is 10.1 Å². The predicted octanol–water partition coefficient (Wildman–Crippen LogP) is 1.91. The minimum Gasteiger partial charge on any atom is -0.478 e. The molecule has 7 heteroatoms. The zero-order valence-corrected chi connectivity index (χ0v) is 11.3. The van der Waals surface area contributed by atoms with Crippen LogP contribution in [0.3, 0.4) is 0 Å². The molecule has 0 radical (unpaired) electrons. The lowest BCUT2D eigenvalue weighted by molar-refractivity contribution is -0.384. The maximum absolute atomic E-state index is 11.3. The Bertz CT molecular complexity index is 546. The first-order chi connectivity index (χ1) is 9.40. The molecule has 2 atom stereocenters. The van der Waals surface area contributed by atoms with E-state index in [2.05, 4.69) is 0 Å². The number of morpholine rings is 1. The smallest absolute Gasteiger partial charge is 0.338 e. The lowest BCUT2D eigenvalue weighted by Gasteiger charge is -2.39. The molecule has 0 saturated carbocycles. The van der Waals surface area contributed by atoms with Crippen LogP contribution < -0.4 is 4.90 Å². The van der Waals surface area contributed by atoms with Gasteiger partial charge in [0.05, 0.1) is 28.9 Å². The molecule has 1 saturated heterocycles. The van der Waals surface area contributed by atoms with E-state index >= 15 is 0 Å². The number of nitrogens with zero attached hydrogens (tertiary/aromatic N) is 2. The molecule has 1 N–H and O–H groups in total. The van der Waals surface area contributed by atoms with Crippen molar-refractivity contribution in [2.24, 2.45) is 0 Å². The summed E-state index contributed by atoms with van der Waals surface area (Å²) >= 11 is 0. The fourth-order valence-electron chi connectivity index (χ4n) is 2.30. The third-order valence-electron chi connectivity index (χ3n) is 3.34. The second-order valence-corrected chi connectivity index (χ2v) is 4.91. The number of hydrogen-bond donors (Lipinski definition) is 1. The number of ether oxygens (including phenoxy) is 1. The van der Waals surface area contributed by atoms with Gasteiger partial charge in [0.2, 0.25) is 0 Å². The third-order valence-corrected chi connectivity index (χ3v) is 3.34. The van der Waals surface area contributed by atoms with Crippen molar-refractivity contribution in [3.8, 4) is 0 Å². The summed E-state index contributed by atoms with van der Waals surface area (Å²) < 4.78 is 5.51. The Morgan fingerprint density at radius 1 is 1.50 bits per heavy atom. The van der Waals surface area contributed by atoms with E-state index < -0.39 is 10.9 Å². The van der Waals surface area contributed by atoms with Crippen molar-refractivity contribution < 1.29 is 19.6 Å². The van der Waals surface area contributed by atoms with Crippen LogP contribution in [0.15, 0.2) is 18.2 Å². The van der Waals surface area contributed by atoms with Crippen molar-refractivity contribution in [3.05, 3.63) is 33.9 Å². The van der Waals surface area contributed by atoms with Gasteiger partial charge in [0.1, 0.15) is 0 Å². The average molecular weight is 280 g/mol. The Hall–Kier alpha value is -2.15. The van der Waals surface area contributed by atoms with Crippen LogP contribution in [0.2, 0.25) is 0 Å². The van der Waals surface area contributed by atoms with Crippen molar-refractivity contribution in [2.75, 3.05) is 18.1 Å². The molecule has 0 spiro atoms. The number of rotatable bonds is 3. The maximum Gasteiger partial charge on any atom is 0.338 e. The van der Waals surface area contributed by atoms with E-state index in [9.17, 15) is 20.0 Å². The summed E-state index contributed by atoms with van der Waals surface area (Å²) in [5, 5.41) is 20.0. The summed E-state index contributed by atoms with van der Waals surface area (Å²) in [4.78, 5) is 23.4. The fourth-order valence-corrected chi connectivity index (χ4v) is 2.30. The van der Waals surface area contributed by atoms with Crippen LogP contribution in [0.1, 0.15) is 24.2 Å². The minimum absolute atomic E-state index is 0.0111. The van der Waals surface area contributed by atoms with Crippen molar-refractivity contribution >= 4 is 17.3 Å². The lowest BCUT2D eigenvalue weighted by Crippen LogP contribution is -2.48. The van der Waals surface area contributed by atoms with Crippen molar-refractivity contribution in [3.63, 3.8) is 0 Å². The third kappa shape index (κ3) is 2.72. The first-order valence-electron chi connectivity index (χ1n) is 6.30. The molecule has 1 aliphatic heterocycles. The van der Waals surface area contributed by atoms with Gasteiger partial charge in [-0.25, -0.2) is 4.79 Å². The van der Waals surface area contributed by atoms with Gasteiger partial charge in [0.15, 0.2) is 0 Å². The molecular formula is C13H16N2O5. The second kappa shape index (κ2) is 5.46. The van der Waals surface area contributed by atoms with Crippen LogP contribution in [-0.2, 0) is 4.74 Å². The predicted molar refractivity (Wildman–Crippen MR) is 72.3 cm³/mol. The number of aromatic carboxylic acids is 1. The van der Waals surface area contributed by atoms with E-state index in [4.69, 9.17) is 4.74 Å². The highest BCUT2D eigenvalue weighted by Gasteiger charge is 2.28. The number of non-ortho nitro benzene ring substituents is 1. The Balaban J connectivity index is 2.44. The zero-order valence-electron chi connectivity index (χ0n) is 11.3. The van der Waals surface area contributed by atoms with Crippen LogP contribution in [0.5, 0.6) is 0 Å². The highest BCUT2D eigenvalue weighted by atomic mass is 16.6. The monoisotopic (exact) mass is 280 g/mol. The van der Waals surface area contributed by atoms with Gasteiger partial charge in [-0.2, -0.15) is 0 Å². The van der Waals surface area contributed by atoms with Crippen molar-refractivity contribution in [1.29, 1.82) is 0 Å². The van der Waals surface area contributed by atoms with E-state index in [0.29, 0.717) is 18.8 Å². The number of anilines is 1. The number of carboxylic acid groups (broad SMARTS) is 1.